The summed E-state index contributed by atoms with van der Waals surface area (Å²) in [5.41, 5.74) is 2.59. The molecule has 0 atom stereocenters. The molecule has 0 aliphatic carbocycles. The number of unbranched alkanes of at least 4 members (excludes halogenated alkanes) is 1. The molecule has 0 aromatic heterocycles. The first-order valence-corrected chi connectivity index (χ1v) is 12.6. The summed E-state index contributed by atoms with van der Waals surface area (Å²) in [6.45, 7) is 8.62. The molecule has 0 saturated carbocycles. The Bertz CT molecular complexity index is 534. The summed E-state index contributed by atoms with van der Waals surface area (Å²) in [6.07, 6.45) is 10.4. The van der Waals surface area contributed by atoms with Crippen LogP contribution in [0.2, 0.25) is 0 Å². The molecule has 0 saturated heterocycles. The smallest absolute Gasteiger partial charge is 0.324 e. The third-order valence-corrected chi connectivity index (χ3v) is 8.19. The first-order chi connectivity index (χ1) is 11.8. The second-order valence-electron chi connectivity index (χ2n) is 7.52. The zero-order valence-electron chi connectivity index (χ0n) is 16.5. The third kappa shape index (κ3) is 13.0. The molecule has 0 bridgehead atoms. The van der Waals surface area contributed by atoms with Crippen molar-refractivity contribution in [1.82, 2.24) is 0 Å². The van der Waals surface area contributed by atoms with Crippen molar-refractivity contribution >= 4 is 15.2 Å². The van der Waals surface area contributed by atoms with Gasteiger partial charge >= 0.3 is 15.2 Å². The van der Waals surface area contributed by atoms with Crippen LogP contribution in [-0.4, -0.2) is 25.0 Å². The van der Waals surface area contributed by atoms with E-state index in [1.54, 1.807) is 0 Å². The third-order valence-electron chi connectivity index (χ3n) is 4.32. The number of allylic oxidation sites excluding steroid dienone is 4. The summed E-state index contributed by atoms with van der Waals surface area (Å²) in [7, 11) is -9.59. The molecule has 0 amide bonds. The number of rotatable bonds is 13. The van der Waals surface area contributed by atoms with E-state index >= 15 is 0 Å². The van der Waals surface area contributed by atoms with Crippen molar-refractivity contribution < 1.29 is 28.7 Å². The van der Waals surface area contributed by atoms with Crippen molar-refractivity contribution in [2.75, 3.05) is 0 Å². The van der Waals surface area contributed by atoms with Crippen LogP contribution in [0.1, 0.15) is 79.1 Å². The van der Waals surface area contributed by atoms with Crippen LogP contribution >= 0.6 is 15.2 Å². The summed E-state index contributed by atoms with van der Waals surface area (Å²) in [5, 5.41) is -1.89. The zero-order valence-corrected chi connectivity index (χ0v) is 18.3. The molecule has 0 heterocycles. The van der Waals surface area contributed by atoms with E-state index in [4.69, 9.17) is 19.6 Å². The number of hydrogen-bond donors (Lipinski definition) is 4. The average molecular weight is 410 g/mol. The summed E-state index contributed by atoms with van der Waals surface area (Å²) < 4.78 is 22.4. The van der Waals surface area contributed by atoms with Crippen LogP contribution in [-0.2, 0) is 9.13 Å². The summed E-state index contributed by atoms with van der Waals surface area (Å²) in [5.74, 6) is 0.740. The molecule has 0 aliphatic heterocycles. The highest BCUT2D eigenvalue weighted by Crippen LogP contribution is 2.61. The molecule has 8 heteroatoms. The lowest BCUT2D eigenvalue weighted by Crippen LogP contribution is -2.09. The molecule has 0 aliphatic rings. The van der Waals surface area contributed by atoms with Crippen molar-refractivity contribution in [3.63, 3.8) is 0 Å². The first-order valence-electron chi connectivity index (χ1n) is 9.25. The van der Waals surface area contributed by atoms with Crippen LogP contribution < -0.4 is 0 Å². The van der Waals surface area contributed by atoms with Gasteiger partial charge in [-0.2, -0.15) is 0 Å². The Hall–Kier alpha value is -0.220. The molecule has 0 rings (SSSR count). The normalized spacial score (nSPS) is 14.5. The van der Waals surface area contributed by atoms with E-state index in [0.29, 0.717) is 12.8 Å². The molecule has 154 valence electrons. The van der Waals surface area contributed by atoms with Crippen molar-refractivity contribution in [3.05, 3.63) is 23.3 Å². The van der Waals surface area contributed by atoms with Crippen molar-refractivity contribution in [2.45, 2.75) is 84.5 Å². The number of hydrogen-bond acceptors (Lipinski definition) is 2. The monoisotopic (exact) mass is 410 g/mol. The van der Waals surface area contributed by atoms with E-state index in [-0.39, 0.29) is 6.42 Å². The van der Waals surface area contributed by atoms with Crippen molar-refractivity contribution in [3.8, 4) is 0 Å². The zero-order chi connectivity index (χ0) is 20.4. The van der Waals surface area contributed by atoms with Crippen molar-refractivity contribution in [2.24, 2.45) is 5.92 Å². The molecule has 0 radical (unpaired) electrons. The van der Waals surface area contributed by atoms with E-state index < -0.39 is 20.6 Å². The van der Waals surface area contributed by atoms with Crippen LogP contribution in [0.15, 0.2) is 23.3 Å². The first kappa shape index (κ1) is 25.8. The fourth-order valence-electron chi connectivity index (χ4n) is 2.72. The Kier molecular flexibility index (Phi) is 12.2. The highest BCUT2D eigenvalue weighted by molar-refractivity contribution is 7.70. The maximum atomic E-state index is 11.2. The molecule has 6 nitrogen and oxygen atoms in total. The van der Waals surface area contributed by atoms with Gasteiger partial charge in [0.1, 0.15) is 0 Å². The molecule has 0 unspecified atom stereocenters. The quantitative estimate of drug-likeness (QED) is 0.185. The lowest BCUT2D eigenvalue weighted by atomic mass is 10.0. The van der Waals surface area contributed by atoms with Gasteiger partial charge < -0.3 is 19.6 Å². The van der Waals surface area contributed by atoms with E-state index in [0.717, 1.165) is 25.2 Å². The fraction of sp³-hybridized carbons (Fsp3) is 0.778. The highest BCUT2D eigenvalue weighted by atomic mass is 31.2. The minimum atomic E-state index is -4.80. The predicted octanol–water partition coefficient (Wildman–Crippen LogP) is 5.34. The van der Waals surface area contributed by atoms with Gasteiger partial charge in [0, 0.05) is 0 Å². The van der Waals surface area contributed by atoms with E-state index in [1.165, 1.54) is 24.0 Å². The van der Waals surface area contributed by atoms with E-state index in [2.05, 4.69) is 26.8 Å². The lowest BCUT2D eigenvalue weighted by Gasteiger charge is -2.18. The van der Waals surface area contributed by atoms with E-state index in [1.807, 2.05) is 13.0 Å². The Morgan fingerprint density at radius 3 is 1.81 bits per heavy atom. The largest absolute Gasteiger partial charge is 0.340 e. The SMILES string of the molecule is CC(=CCCCC(P(=O)(O)O)P(=O)(O)O)CCC=C(C)CCCC(C)C. The van der Waals surface area contributed by atoms with Gasteiger partial charge in [0.25, 0.3) is 0 Å². The van der Waals surface area contributed by atoms with Crippen LogP contribution in [0.25, 0.3) is 0 Å². The van der Waals surface area contributed by atoms with Gasteiger partial charge in [-0.25, -0.2) is 0 Å². The Morgan fingerprint density at radius 2 is 1.31 bits per heavy atom. The van der Waals surface area contributed by atoms with Crippen LogP contribution in [0, 0.1) is 5.92 Å². The molecule has 26 heavy (non-hydrogen) atoms. The van der Waals surface area contributed by atoms with Gasteiger partial charge in [-0.1, -0.05) is 43.6 Å². The van der Waals surface area contributed by atoms with Gasteiger partial charge in [0.15, 0.2) is 5.40 Å². The summed E-state index contributed by atoms with van der Waals surface area (Å²) >= 11 is 0. The van der Waals surface area contributed by atoms with Gasteiger partial charge in [0.2, 0.25) is 0 Å². The van der Waals surface area contributed by atoms with Gasteiger partial charge in [0.05, 0.1) is 0 Å². The molecule has 4 N–H and O–H groups in total. The molecule has 0 fully saturated rings. The minimum Gasteiger partial charge on any atom is -0.324 e. The lowest BCUT2D eigenvalue weighted by molar-refractivity contribution is 0.334. The second kappa shape index (κ2) is 12.3. The molecular formula is C18H36O6P2. The topological polar surface area (TPSA) is 115 Å². The van der Waals surface area contributed by atoms with Crippen LogP contribution in [0.4, 0.5) is 0 Å². The van der Waals surface area contributed by atoms with Crippen LogP contribution in [0.3, 0.4) is 0 Å². The molecule has 0 spiro atoms. The minimum absolute atomic E-state index is 0.187. The van der Waals surface area contributed by atoms with E-state index in [9.17, 15) is 9.13 Å². The molecule has 0 aromatic rings. The Labute approximate surface area is 158 Å². The maximum absolute atomic E-state index is 11.2. The molecular weight excluding hydrogens is 374 g/mol. The Morgan fingerprint density at radius 1 is 0.808 bits per heavy atom. The Balaban J connectivity index is 4.22. The molecule has 0 aromatic carbocycles. The standard InChI is InChI=1S/C18H36O6P2/c1-15(2)9-7-11-17(4)13-8-12-16(3)10-5-6-14-18(25(19,20)21)26(22,23)24/h10,13,15,18H,5-9,11-12,14H2,1-4H3,(H2,19,20,21)(H2,22,23,24). The fourth-order valence-corrected chi connectivity index (χ4v) is 5.33. The summed E-state index contributed by atoms with van der Waals surface area (Å²) in [6, 6.07) is 0. The average Bonchev–Trinajstić information content (AvgIpc) is 2.43. The maximum Gasteiger partial charge on any atom is 0.340 e. The van der Waals surface area contributed by atoms with Gasteiger partial charge in [-0.05, 0) is 64.7 Å². The predicted molar refractivity (Wildman–Crippen MR) is 107 cm³/mol. The second-order valence-corrected chi connectivity index (χ2v) is 11.5. The van der Waals surface area contributed by atoms with Crippen molar-refractivity contribution in [1.29, 1.82) is 0 Å². The van der Waals surface area contributed by atoms with Gasteiger partial charge in [-0.3, -0.25) is 9.13 Å². The van der Waals surface area contributed by atoms with Crippen LogP contribution in [0.5, 0.6) is 0 Å². The highest BCUT2D eigenvalue weighted by Gasteiger charge is 2.42. The summed E-state index contributed by atoms with van der Waals surface area (Å²) in [4.78, 5) is 36.3. The van der Waals surface area contributed by atoms with Gasteiger partial charge in [-0.15, -0.1) is 0 Å².